The fraction of sp³-hybridized carbons (Fsp3) is 0.400. The van der Waals surface area contributed by atoms with E-state index in [2.05, 4.69) is 31.2 Å². The summed E-state index contributed by atoms with van der Waals surface area (Å²) in [6, 6.07) is 8.66. The molecule has 0 atom stereocenters. The van der Waals surface area contributed by atoms with E-state index in [9.17, 15) is 4.79 Å². The summed E-state index contributed by atoms with van der Waals surface area (Å²) in [5.41, 5.74) is 5.57. The van der Waals surface area contributed by atoms with E-state index in [1.165, 1.54) is 36.0 Å². The van der Waals surface area contributed by atoms with Crippen molar-refractivity contribution in [3.63, 3.8) is 0 Å². The maximum Gasteiger partial charge on any atom is 0.120 e. The molecular formula is C15H18O. The van der Waals surface area contributed by atoms with Crippen LogP contribution in [0.4, 0.5) is 0 Å². The Bertz CT molecular complexity index is 392. The summed E-state index contributed by atoms with van der Waals surface area (Å²) in [4.78, 5) is 10.5. The highest BCUT2D eigenvalue weighted by atomic mass is 16.1. The van der Waals surface area contributed by atoms with Gasteiger partial charge >= 0.3 is 0 Å². The van der Waals surface area contributed by atoms with E-state index in [-0.39, 0.29) is 0 Å². The average Bonchev–Trinajstić information content (AvgIpc) is 2.23. The normalized spacial score (nSPS) is 14.4. The lowest BCUT2D eigenvalue weighted by Gasteiger charge is -2.22. The van der Waals surface area contributed by atoms with Gasteiger partial charge in [-0.1, -0.05) is 35.4 Å². The molecule has 16 heavy (non-hydrogen) atoms. The molecule has 0 radical (unpaired) electrons. The average molecular weight is 214 g/mol. The van der Waals surface area contributed by atoms with Crippen molar-refractivity contribution in [1.29, 1.82) is 0 Å². The lowest BCUT2D eigenvalue weighted by molar-refractivity contribution is -0.107. The first-order chi connectivity index (χ1) is 7.81. The van der Waals surface area contributed by atoms with Gasteiger partial charge in [-0.05, 0) is 43.7 Å². The molecule has 2 rings (SSSR count). The van der Waals surface area contributed by atoms with Crippen LogP contribution in [0.3, 0.4) is 0 Å². The lowest BCUT2D eigenvalue weighted by Crippen LogP contribution is -2.02. The Kier molecular flexibility index (Phi) is 3.55. The largest absolute Gasteiger partial charge is 0.303 e. The summed E-state index contributed by atoms with van der Waals surface area (Å²) in [6.07, 6.45) is 6.33. The Balaban J connectivity index is 2.24. The highest BCUT2D eigenvalue weighted by Gasteiger charge is 2.15. The first kappa shape index (κ1) is 11.1. The molecule has 0 N–H and O–H groups in total. The third-order valence-electron chi connectivity index (χ3n) is 3.30. The van der Waals surface area contributed by atoms with E-state index in [0.717, 1.165) is 12.7 Å². The minimum absolute atomic E-state index is 0.646. The van der Waals surface area contributed by atoms with Crippen LogP contribution in [-0.2, 0) is 4.79 Å². The molecular weight excluding hydrogens is 196 g/mol. The first-order valence-corrected chi connectivity index (χ1v) is 6.03. The molecule has 0 spiro atoms. The minimum Gasteiger partial charge on any atom is -0.303 e. The Hall–Kier alpha value is -1.37. The fourth-order valence-electron chi connectivity index (χ4n) is 2.14. The fourth-order valence-corrected chi connectivity index (χ4v) is 2.14. The second-order valence-corrected chi connectivity index (χ2v) is 4.51. The standard InChI is InChI=1S/C15H18O/c1-12-7-9-14(10-8-12)15(6-3-11-16)13-4-2-5-13/h7-11H,2-6H2,1H3. The van der Waals surface area contributed by atoms with Gasteiger partial charge in [0.2, 0.25) is 0 Å². The molecule has 1 nitrogen and oxygen atoms in total. The van der Waals surface area contributed by atoms with Crippen molar-refractivity contribution < 1.29 is 4.79 Å². The molecule has 1 aromatic carbocycles. The van der Waals surface area contributed by atoms with Crippen molar-refractivity contribution in [2.45, 2.75) is 39.0 Å². The first-order valence-electron chi connectivity index (χ1n) is 6.03. The summed E-state index contributed by atoms with van der Waals surface area (Å²) in [6.45, 7) is 2.10. The van der Waals surface area contributed by atoms with Crippen molar-refractivity contribution >= 4 is 11.9 Å². The van der Waals surface area contributed by atoms with Gasteiger partial charge in [-0.3, -0.25) is 0 Å². The highest BCUT2D eigenvalue weighted by molar-refractivity contribution is 5.71. The summed E-state index contributed by atoms with van der Waals surface area (Å²) < 4.78 is 0. The zero-order valence-electron chi connectivity index (χ0n) is 9.83. The molecule has 1 aliphatic rings. The van der Waals surface area contributed by atoms with Crippen LogP contribution in [0.25, 0.3) is 5.57 Å². The number of benzene rings is 1. The second kappa shape index (κ2) is 5.11. The molecule has 0 bridgehead atoms. The third kappa shape index (κ3) is 2.41. The maximum absolute atomic E-state index is 10.5. The molecule has 0 amide bonds. The van der Waals surface area contributed by atoms with Crippen molar-refractivity contribution in [3.8, 4) is 0 Å². The third-order valence-corrected chi connectivity index (χ3v) is 3.30. The zero-order valence-corrected chi connectivity index (χ0v) is 9.83. The molecule has 1 heteroatoms. The Morgan fingerprint density at radius 1 is 1.25 bits per heavy atom. The van der Waals surface area contributed by atoms with Gasteiger partial charge in [0.05, 0.1) is 0 Å². The number of carbonyl (C=O) groups excluding carboxylic acids is 1. The van der Waals surface area contributed by atoms with Crippen molar-refractivity contribution in [2.75, 3.05) is 0 Å². The Morgan fingerprint density at radius 2 is 1.94 bits per heavy atom. The predicted molar refractivity (Wildman–Crippen MR) is 67.2 cm³/mol. The van der Waals surface area contributed by atoms with E-state index in [1.807, 2.05) is 0 Å². The van der Waals surface area contributed by atoms with E-state index >= 15 is 0 Å². The van der Waals surface area contributed by atoms with Crippen LogP contribution in [0, 0.1) is 6.92 Å². The Labute approximate surface area is 97.2 Å². The summed E-state index contributed by atoms with van der Waals surface area (Å²) in [5.74, 6) is 0. The van der Waals surface area contributed by atoms with E-state index in [0.29, 0.717) is 6.42 Å². The summed E-state index contributed by atoms with van der Waals surface area (Å²) in [5, 5.41) is 0. The SMILES string of the molecule is Cc1ccc(C(CCC=O)=C2CCC2)cc1. The molecule has 0 unspecified atom stereocenters. The van der Waals surface area contributed by atoms with Gasteiger partial charge in [0.15, 0.2) is 0 Å². The number of hydrogen-bond acceptors (Lipinski definition) is 1. The van der Waals surface area contributed by atoms with Gasteiger partial charge in [0.25, 0.3) is 0 Å². The number of carbonyl (C=O) groups is 1. The molecule has 0 aliphatic heterocycles. The number of hydrogen-bond donors (Lipinski definition) is 0. The van der Waals surface area contributed by atoms with Gasteiger partial charge in [0, 0.05) is 6.42 Å². The van der Waals surface area contributed by atoms with Crippen LogP contribution in [-0.4, -0.2) is 6.29 Å². The summed E-state index contributed by atoms with van der Waals surface area (Å²) >= 11 is 0. The van der Waals surface area contributed by atoms with Crippen molar-refractivity contribution in [1.82, 2.24) is 0 Å². The number of aryl methyl sites for hydroxylation is 1. The van der Waals surface area contributed by atoms with Crippen LogP contribution in [0.1, 0.15) is 43.2 Å². The second-order valence-electron chi connectivity index (χ2n) is 4.51. The van der Waals surface area contributed by atoms with Crippen LogP contribution in [0.15, 0.2) is 29.8 Å². The zero-order chi connectivity index (χ0) is 11.4. The Morgan fingerprint density at radius 3 is 2.44 bits per heavy atom. The lowest BCUT2D eigenvalue weighted by atomic mass is 9.83. The van der Waals surface area contributed by atoms with Crippen molar-refractivity contribution in [2.24, 2.45) is 0 Å². The van der Waals surface area contributed by atoms with Gasteiger partial charge in [-0.15, -0.1) is 0 Å². The van der Waals surface area contributed by atoms with E-state index in [4.69, 9.17) is 0 Å². The highest BCUT2D eigenvalue weighted by Crippen LogP contribution is 2.35. The number of aldehydes is 1. The van der Waals surface area contributed by atoms with Crippen molar-refractivity contribution in [3.05, 3.63) is 41.0 Å². The van der Waals surface area contributed by atoms with Gasteiger partial charge in [-0.2, -0.15) is 0 Å². The molecule has 1 saturated carbocycles. The monoisotopic (exact) mass is 214 g/mol. The van der Waals surface area contributed by atoms with Gasteiger partial charge in [0.1, 0.15) is 6.29 Å². The van der Waals surface area contributed by atoms with Crippen LogP contribution in [0.2, 0.25) is 0 Å². The smallest absolute Gasteiger partial charge is 0.120 e. The number of rotatable bonds is 4. The number of allylic oxidation sites excluding steroid dienone is 2. The van der Waals surface area contributed by atoms with E-state index in [1.54, 1.807) is 5.57 Å². The molecule has 1 aliphatic carbocycles. The maximum atomic E-state index is 10.5. The molecule has 0 aromatic heterocycles. The quantitative estimate of drug-likeness (QED) is 0.694. The topological polar surface area (TPSA) is 17.1 Å². The molecule has 1 aromatic rings. The molecule has 0 heterocycles. The van der Waals surface area contributed by atoms with Crippen LogP contribution >= 0.6 is 0 Å². The molecule has 0 saturated heterocycles. The molecule has 84 valence electrons. The van der Waals surface area contributed by atoms with Gasteiger partial charge < -0.3 is 4.79 Å². The predicted octanol–water partition coefficient (Wildman–Crippen LogP) is 3.91. The van der Waals surface area contributed by atoms with Crippen LogP contribution in [0.5, 0.6) is 0 Å². The van der Waals surface area contributed by atoms with Gasteiger partial charge in [-0.25, -0.2) is 0 Å². The molecule has 1 fully saturated rings. The minimum atomic E-state index is 0.646. The van der Waals surface area contributed by atoms with E-state index < -0.39 is 0 Å². The summed E-state index contributed by atoms with van der Waals surface area (Å²) in [7, 11) is 0. The van der Waals surface area contributed by atoms with Crippen LogP contribution < -0.4 is 0 Å².